The van der Waals surface area contributed by atoms with Crippen LogP contribution in [-0.2, 0) is 14.3 Å². The Kier molecular flexibility index (Phi) is 6.71. The van der Waals surface area contributed by atoms with E-state index in [9.17, 15) is 14.4 Å². The van der Waals surface area contributed by atoms with Crippen molar-refractivity contribution in [1.29, 1.82) is 0 Å². The largest absolute Gasteiger partial charge is 0.482 e. The van der Waals surface area contributed by atoms with Crippen LogP contribution in [0.25, 0.3) is 0 Å². The lowest BCUT2D eigenvalue weighted by Crippen LogP contribution is -2.31. The van der Waals surface area contributed by atoms with Crippen LogP contribution in [0.4, 0.5) is 5.69 Å². The molecule has 1 amide bonds. The van der Waals surface area contributed by atoms with Crippen molar-refractivity contribution < 1.29 is 23.9 Å². The number of nitrogens with one attached hydrogen (secondary N) is 1. The quantitative estimate of drug-likeness (QED) is 0.597. The maximum Gasteiger partial charge on any atom is 0.344 e. The zero-order valence-corrected chi connectivity index (χ0v) is 15.9. The smallest absolute Gasteiger partial charge is 0.344 e. The molecule has 27 heavy (non-hydrogen) atoms. The average Bonchev–Trinajstić information content (AvgIpc) is 2.62. The molecule has 0 radical (unpaired) electrons. The van der Waals surface area contributed by atoms with E-state index < -0.39 is 18.0 Å². The molecule has 0 saturated carbocycles. The fourth-order valence-corrected chi connectivity index (χ4v) is 2.42. The molecule has 2 aromatic rings. The number of ketones is 1. The molecule has 1 N–H and O–H groups in total. The number of benzene rings is 2. The molecule has 0 aliphatic heterocycles. The molecule has 0 aliphatic carbocycles. The molecule has 0 spiro atoms. The third-order valence-electron chi connectivity index (χ3n) is 3.91. The van der Waals surface area contributed by atoms with Crippen LogP contribution in [0.2, 0.25) is 0 Å². The first-order valence-corrected chi connectivity index (χ1v) is 8.57. The van der Waals surface area contributed by atoms with E-state index in [2.05, 4.69) is 5.32 Å². The van der Waals surface area contributed by atoms with Gasteiger partial charge in [-0.3, -0.25) is 9.59 Å². The summed E-state index contributed by atoms with van der Waals surface area (Å²) in [5.74, 6) is -0.813. The SMILES string of the molecule is CC(=O)c1cccc(OCC(=O)O[C@H](C)C(=O)Nc2ccc(C)cc2C)c1. The van der Waals surface area contributed by atoms with Gasteiger partial charge in [0.05, 0.1) is 0 Å². The van der Waals surface area contributed by atoms with Crippen LogP contribution in [0.15, 0.2) is 42.5 Å². The van der Waals surface area contributed by atoms with Gasteiger partial charge in [-0.1, -0.05) is 29.8 Å². The van der Waals surface area contributed by atoms with E-state index in [-0.39, 0.29) is 12.4 Å². The van der Waals surface area contributed by atoms with Gasteiger partial charge in [-0.2, -0.15) is 0 Å². The second kappa shape index (κ2) is 8.98. The molecule has 0 unspecified atom stereocenters. The number of anilines is 1. The molecule has 0 bridgehead atoms. The summed E-state index contributed by atoms with van der Waals surface area (Å²) >= 11 is 0. The monoisotopic (exact) mass is 369 g/mol. The van der Waals surface area contributed by atoms with E-state index in [4.69, 9.17) is 9.47 Å². The summed E-state index contributed by atoms with van der Waals surface area (Å²) in [5.41, 5.74) is 3.18. The van der Waals surface area contributed by atoms with Gasteiger partial charge in [-0.15, -0.1) is 0 Å². The Morgan fingerprint density at radius 1 is 1.07 bits per heavy atom. The minimum atomic E-state index is -0.967. The van der Waals surface area contributed by atoms with Gasteiger partial charge in [0.15, 0.2) is 18.5 Å². The van der Waals surface area contributed by atoms with Gasteiger partial charge in [0.1, 0.15) is 5.75 Å². The first-order valence-electron chi connectivity index (χ1n) is 8.57. The molecular weight excluding hydrogens is 346 g/mol. The van der Waals surface area contributed by atoms with E-state index in [1.807, 2.05) is 32.0 Å². The van der Waals surface area contributed by atoms with Crippen molar-refractivity contribution in [2.75, 3.05) is 11.9 Å². The number of Topliss-reactive ketones (excluding diaryl/α,β-unsaturated/α-hetero) is 1. The minimum Gasteiger partial charge on any atom is -0.482 e. The fourth-order valence-electron chi connectivity index (χ4n) is 2.42. The Morgan fingerprint density at radius 2 is 1.81 bits per heavy atom. The summed E-state index contributed by atoms with van der Waals surface area (Å²) in [6.07, 6.45) is -0.967. The van der Waals surface area contributed by atoms with Crippen molar-refractivity contribution in [1.82, 2.24) is 0 Å². The van der Waals surface area contributed by atoms with Crippen molar-refractivity contribution in [3.8, 4) is 5.75 Å². The highest BCUT2D eigenvalue weighted by Gasteiger charge is 2.19. The maximum absolute atomic E-state index is 12.2. The molecule has 0 fully saturated rings. The number of ether oxygens (including phenoxy) is 2. The Bertz CT molecular complexity index is 859. The lowest BCUT2D eigenvalue weighted by atomic mass is 10.1. The highest BCUT2D eigenvalue weighted by atomic mass is 16.6. The van der Waals surface area contributed by atoms with Crippen molar-refractivity contribution >= 4 is 23.3 Å². The van der Waals surface area contributed by atoms with Crippen LogP contribution in [0.3, 0.4) is 0 Å². The van der Waals surface area contributed by atoms with Crippen LogP contribution < -0.4 is 10.1 Å². The number of esters is 1. The highest BCUT2D eigenvalue weighted by Crippen LogP contribution is 2.17. The van der Waals surface area contributed by atoms with Gasteiger partial charge in [-0.25, -0.2) is 4.79 Å². The molecule has 0 aliphatic rings. The Morgan fingerprint density at radius 3 is 2.48 bits per heavy atom. The Balaban J connectivity index is 1.86. The predicted octanol–water partition coefficient (Wildman–Crippen LogP) is 3.46. The molecule has 2 rings (SSSR count). The van der Waals surface area contributed by atoms with Gasteiger partial charge in [0.2, 0.25) is 0 Å². The zero-order chi connectivity index (χ0) is 20.0. The van der Waals surface area contributed by atoms with Crippen molar-refractivity contribution in [3.05, 3.63) is 59.2 Å². The van der Waals surface area contributed by atoms with Crippen LogP contribution in [-0.4, -0.2) is 30.4 Å². The molecule has 6 nitrogen and oxygen atoms in total. The van der Waals surface area contributed by atoms with E-state index in [1.165, 1.54) is 13.8 Å². The lowest BCUT2D eigenvalue weighted by molar-refractivity contribution is -0.155. The van der Waals surface area contributed by atoms with Gasteiger partial charge in [0.25, 0.3) is 5.91 Å². The van der Waals surface area contributed by atoms with E-state index >= 15 is 0 Å². The van der Waals surface area contributed by atoms with E-state index in [1.54, 1.807) is 24.3 Å². The van der Waals surface area contributed by atoms with Gasteiger partial charge in [-0.05, 0) is 51.5 Å². The number of hydrogen-bond donors (Lipinski definition) is 1. The summed E-state index contributed by atoms with van der Waals surface area (Å²) in [6.45, 7) is 6.44. The Labute approximate surface area is 158 Å². The van der Waals surface area contributed by atoms with Crippen molar-refractivity contribution in [2.24, 2.45) is 0 Å². The molecular formula is C21H23NO5. The number of hydrogen-bond acceptors (Lipinski definition) is 5. The first kappa shape index (κ1) is 20.2. The summed E-state index contributed by atoms with van der Waals surface area (Å²) < 4.78 is 10.4. The Hall–Kier alpha value is -3.15. The third-order valence-corrected chi connectivity index (χ3v) is 3.91. The molecule has 0 aromatic heterocycles. The number of rotatable bonds is 7. The average molecular weight is 369 g/mol. The first-order chi connectivity index (χ1) is 12.8. The van der Waals surface area contributed by atoms with Crippen LogP contribution in [0.1, 0.15) is 35.3 Å². The molecule has 2 aromatic carbocycles. The number of aryl methyl sites for hydroxylation is 2. The van der Waals surface area contributed by atoms with Crippen LogP contribution in [0, 0.1) is 13.8 Å². The molecule has 142 valence electrons. The third kappa shape index (κ3) is 5.95. The zero-order valence-electron chi connectivity index (χ0n) is 15.9. The molecule has 6 heteroatoms. The summed E-state index contributed by atoms with van der Waals surface area (Å²) in [4.78, 5) is 35.5. The second-order valence-electron chi connectivity index (χ2n) is 6.31. The maximum atomic E-state index is 12.2. The molecule has 0 saturated heterocycles. The summed E-state index contributed by atoms with van der Waals surface area (Å²) in [7, 11) is 0. The fraction of sp³-hybridized carbons (Fsp3) is 0.286. The molecule has 0 heterocycles. The van der Waals surface area contributed by atoms with E-state index in [0.717, 1.165) is 11.1 Å². The number of carbonyl (C=O) groups excluding carboxylic acids is 3. The van der Waals surface area contributed by atoms with Crippen LogP contribution >= 0.6 is 0 Å². The van der Waals surface area contributed by atoms with Crippen molar-refractivity contribution in [3.63, 3.8) is 0 Å². The highest BCUT2D eigenvalue weighted by molar-refractivity contribution is 5.96. The summed E-state index contributed by atoms with van der Waals surface area (Å²) in [6, 6.07) is 12.2. The number of amides is 1. The van der Waals surface area contributed by atoms with E-state index in [0.29, 0.717) is 17.0 Å². The predicted molar refractivity (Wildman–Crippen MR) is 102 cm³/mol. The standard InChI is InChI=1S/C21H23NO5/c1-13-8-9-19(14(2)10-13)22-21(25)16(4)27-20(24)12-26-18-7-5-6-17(11-18)15(3)23/h5-11,16H,12H2,1-4H3,(H,22,25)/t16-/m1/s1. The lowest BCUT2D eigenvalue weighted by Gasteiger charge is -2.15. The van der Waals surface area contributed by atoms with Crippen molar-refractivity contribution in [2.45, 2.75) is 33.8 Å². The van der Waals surface area contributed by atoms with Gasteiger partial charge in [0, 0.05) is 11.3 Å². The topological polar surface area (TPSA) is 81.7 Å². The normalized spacial score (nSPS) is 11.4. The summed E-state index contributed by atoms with van der Waals surface area (Å²) in [5, 5.41) is 2.74. The van der Waals surface area contributed by atoms with Gasteiger partial charge >= 0.3 is 5.97 Å². The molecule has 1 atom stereocenters. The van der Waals surface area contributed by atoms with Crippen LogP contribution in [0.5, 0.6) is 5.75 Å². The number of carbonyl (C=O) groups is 3. The second-order valence-corrected chi connectivity index (χ2v) is 6.31. The van der Waals surface area contributed by atoms with Gasteiger partial charge < -0.3 is 14.8 Å². The minimum absolute atomic E-state index is 0.0975.